The van der Waals surface area contributed by atoms with E-state index in [1.807, 2.05) is 0 Å². The van der Waals surface area contributed by atoms with Crippen molar-refractivity contribution in [3.05, 3.63) is 28.8 Å². The van der Waals surface area contributed by atoms with Crippen molar-refractivity contribution in [2.24, 2.45) is 0 Å². The molecule has 0 saturated carbocycles. The molecule has 0 spiro atoms. The lowest BCUT2D eigenvalue weighted by Crippen LogP contribution is -1.99. The normalized spacial score (nSPS) is 11.8. The summed E-state index contributed by atoms with van der Waals surface area (Å²) in [6.07, 6.45) is 18.0. The number of benzene rings is 1. The van der Waals surface area contributed by atoms with Crippen LogP contribution >= 0.6 is 11.6 Å². The van der Waals surface area contributed by atoms with Gasteiger partial charge in [0, 0.05) is 5.02 Å². The summed E-state index contributed by atoms with van der Waals surface area (Å²) in [5.41, 5.74) is 0.946. The first-order chi connectivity index (χ1) is 12.4. The molecule has 150 valence electrons. The second-order valence-electron chi connectivity index (χ2n) is 7.22. The lowest BCUT2D eigenvalue weighted by molar-refractivity contribution is 0.483. The first-order valence-electron chi connectivity index (χ1n) is 10.2. The van der Waals surface area contributed by atoms with Crippen LogP contribution in [0.15, 0.2) is 23.1 Å². The Hall–Kier alpha value is -0.580. The molecule has 1 aromatic carbocycles. The minimum atomic E-state index is -4.18. The molecule has 0 unspecified atom stereocenters. The van der Waals surface area contributed by atoms with Gasteiger partial charge in [0.15, 0.2) is 0 Å². The minimum absolute atomic E-state index is 0.142. The molecule has 1 aromatic rings. The van der Waals surface area contributed by atoms with E-state index in [9.17, 15) is 8.42 Å². The van der Waals surface area contributed by atoms with Crippen LogP contribution in [0.2, 0.25) is 5.02 Å². The second kappa shape index (κ2) is 13.6. The fraction of sp³-hybridized carbons (Fsp3) is 0.714. The molecule has 0 bridgehead atoms. The third kappa shape index (κ3) is 10.5. The molecule has 0 atom stereocenters. The predicted molar refractivity (Wildman–Crippen MR) is 111 cm³/mol. The van der Waals surface area contributed by atoms with Gasteiger partial charge in [-0.15, -0.1) is 0 Å². The minimum Gasteiger partial charge on any atom is -0.282 e. The number of hydrogen-bond donors (Lipinski definition) is 1. The van der Waals surface area contributed by atoms with Gasteiger partial charge in [0.05, 0.1) is 4.90 Å². The average Bonchev–Trinajstić information content (AvgIpc) is 2.59. The van der Waals surface area contributed by atoms with Gasteiger partial charge >= 0.3 is 0 Å². The van der Waals surface area contributed by atoms with Gasteiger partial charge in [-0.05, 0) is 30.5 Å². The summed E-state index contributed by atoms with van der Waals surface area (Å²) in [4.78, 5) is -0.142. The van der Waals surface area contributed by atoms with Crippen LogP contribution in [-0.2, 0) is 16.5 Å². The van der Waals surface area contributed by atoms with Crippen molar-refractivity contribution in [2.45, 2.75) is 102 Å². The third-order valence-electron chi connectivity index (χ3n) is 4.87. The highest BCUT2D eigenvalue weighted by molar-refractivity contribution is 7.85. The summed E-state index contributed by atoms with van der Waals surface area (Å²) >= 11 is 6.11. The van der Waals surface area contributed by atoms with E-state index in [2.05, 4.69) is 6.92 Å². The zero-order valence-electron chi connectivity index (χ0n) is 16.2. The van der Waals surface area contributed by atoms with Gasteiger partial charge in [-0.1, -0.05) is 102 Å². The molecule has 0 aliphatic carbocycles. The van der Waals surface area contributed by atoms with Gasteiger partial charge in [0.25, 0.3) is 10.1 Å². The molecule has 1 rings (SSSR count). The Morgan fingerprint density at radius 1 is 0.808 bits per heavy atom. The molecule has 0 aromatic heterocycles. The number of halogens is 1. The van der Waals surface area contributed by atoms with E-state index >= 15 is 0 Å². The van der Waals surface area contributed by atoms with E-state index in [4.69, 9.17) is 16.2 Å². The first kappa shape index (κ1) is 23.5. The Labute approximate surface area is 165 Å². The number of hydrogen-bond acceptors (Lipinski definition) is 2. The van der Waals surface area contributed by atoms with Crippen LogP contribution in [0.4, 0.5) is 0 Å². The van der Waals surface area contributed by atoms with Crippen LogP contribution in [0.5, 0.6) is 0 Å². The monoisotopic (exact) mass is 402 g/mol. The van der Waals surface area contributed by atoms with Gasteiger partial charge < -0.3 is 0 Å². The Morgan fingerprint density at radius 2 is 1.27 bits per heavy atom. The molecule has 0 aliphatic heterocycles. The van der Waals surface area contributed by atoms with Gasteiger partial charge in [-0.25, -0.2) is 0 Å². The fourth-order valence-electron chi connectivity index (χ4n) is 3.22. The highest BCUT2D eigenvalue weighted by Crippen LogP contribution is 2.23. The van der Waals surface area contributed by atoms with Gasteiger partial charge in [-0.2, -0.15) is 8.42 Å². The maximum absolute atomic E-state index is 11.1. The molecular formula is C21H35ClO3S. The molecular weight excluding hydrogens is 368 g/mol. The molecule has 5 heteroatoms. The summed E-state index contributed by atoms with van der Waals surface area (Å²) in [6.45, 7) is 2.26. The van der Waals surface area contributed by atoms with Crippen molar-refractivity contribution in [3.8, 4) is 0 Å². The molecule has 0 fully saturated rings. The molecule has 26 heavy (non-hydrogen) atoms. The van der Waals surface area contributed by atoms with Crippen molar-refractivity contribution in [1.82, 2.24) is 0 Å². The highest BCUT2D eigenvalue weighted by atomic mass is 35.5. The van der Waals surface area contributed by atoms with E-state index in [1.165, 1.54) is 89.2 Å². The number of unbranched alkanes of at least 4 members (excludes halogenated alkanes) is 12. The molecule has 3 nitrogen and oxygen atoms in total. The van der Waals surface area contributed by atoms with Crippen LogP contribution in [0.25, 0.3) is 0 Å². The van der Waals surface area contributed by atoms with E-state index < -0.39 is 10.1 Å². The first-order valence-corrected chi connectivity index (χ1v) is 12.0. The van der Waals surface area contributed by atoms with Crippen molar-refractivity contribution in [3.63, 3.8) is 0 Å². The molecule has 0 radical (unpaired) electrons. The molecule has 0 amide bonds. The van der Waals surface area contributed by atoms with Crippen molar-refractivity contribution in [1.29, 1.82) is 0 Å². The summed E-state index contributed by atoms with van der Waals surface area (Å²) in [5, 5.41) is 0.416. The van der Waals surface area contributed by atoms with Gasteiger partial charge in [-0.3, -0.25) is 4.55 Å². The van der Waals surface area contributed by atoms with Crippen LogP contribution in [0, 0.1) is 0 Å². The Kier molecular flexibility index (Phi) is 12.2. The fourth-order valence-corrected chi connectivity index (χ4v) is 4.07. The third-order valence-corrected chi connectivity index (χ3v) is 6.07. The standard InChI is InChI=1S/C21H35ClO3S/c1-2-3-4-5-6-7-8-9-10-11-12-13-14-15-19-16-17-20(18-21(19)22)26(23,24)25/h16-18H,2-15H2,1H3,(H,23,24,25). The van der Waals surface area contributed by atoms with E-state index in [0.717, 1.165) is 18.4 Å². The lowest BCUT2D eigenvalue weighted by atomic mass is 10.0. The van der Waals surface area contributed by atoms with Crippen LogP contribution < -0.4 is 0 Å². The Balaban J connectivity index is 2.03. The zero-order chi connectivity index (χ0) is 19.3. The van der Waals surface area contributed by atoms with Gasteiger partial charge in [0.2, 0.25) is 0 Å². The molecule has 0 saturated heterocycles. The number of aryl methyl sites for hydroxylation is 1. The topological polar surface area (TPSA) is 54.4 Å². The van der Waals surface area contributed by atoms with Gasteiger partial charge in [0.1, 0.15) is 0 Å². The predicted octanol–water partition coefficient (Wildman–Crippen LogP) is 7.22. The zero-order valence-corrected chi connectivity index (χ0v) is 17.8. The van der Waals surface area contributed by atoms with Crippen molar-refractivity contribution >= 4 is 21.7 Å². The molecule has 0 heterocycles. The molecule has 0 aliphatic rings. The quantitative estimate of drug-likeness (QED) is 0.249. The Bertz CT molecular complexity index is 599. The highest BCUT2D eigenvalue weighted by Gasteiger charge is 2.11. The summed E-state index contributed by atoms with van der Waals surface area (Å²) in [5.74, 6) is 0. The van der Waals surface area contributed by atoms with Crippen LogP contribution in [-0.4, -0.2) is 13.0 Å². The lowest BCUT2D eigenvalue weighted by Gasteiger charge is -2.06. The summed E-state index contributed by atoms with van der Waals surface area (Å²) in [7, 11) is -4.18. The summed E-state index contributed by atoms with van der Waals surface area (Å²) < 4.78 is 31.2. The van der Waals surface area contributed by atoms with E-state index in [0.29, 0.717) is 5.02 Å². The smallest absolute Gasteiger partial charge is 0.282 e. The largest absolute Gasteiger partial charge is 0.294 e. The van der Waals surface area contributed by atoms with E-state index in [-0.39, 0.29) is 4.90 Å². The van der Waals surface area contributed by atoms with Crippen LogP contribution in [0.1, 0.15) is 96.0 Å². The average molecular weight is 403 g/mol. The number of rotatable bonds is 15. The van der Waals surface area contributed by atoms with Crippen molar-refractivity contribution < 1.29 is 13.0 Å². The maximum atomic E-state index is 11.1. The van der Waals surface area contributed by atoms with E-state index in [1.54, 1.807) is 6.07 Å². The summed E-state index contributed by atoms with van der Waals surface area (Å²) in [6, 6.07) is 4.44. The maximum Gasteiger partial charge on any atom is 0.294 e. The van der Waals surface area contributed by atoms with Crippen LogP contribution in [0.3, 0.4) is 0 Å². The Morgan fingerprint density at radius 3 is 1.69 bits per heavy atom. The molecule has 1 N–H and O–H groups in total. The SMILES string of the molecule is CCCCCCCCCCCCCCCc1ccc(S(=O)(=O)O)cc1Cl. The second-order valence-corrected chi connectivity index (χ2v) is 9.05. The van der Waals surface area contributed by atoms with Crippen molar-refractivity contribution in [2.75, 3.05) is 0 Å².